The Morgan fingerprint density at radius 2 is 1.52 bits per heavy atom. The van der Waals surface area contributed by atoms with Crippen LogP contribution in [0, 0.1) is 5.92 Å². The van der Waals surface area contributed by atoms with Crippen molar-refractivity contribution < 1.29 is 9.90 Å². The monoisotopic (exact) mass is 544 g/mol. The maximum atomic E-state index is 11.8. The second kappa shape index (κ2) is 14.0. The zero-order chi connectivity index (χ0) is 27.7. The van der Waals surface area contributed by atoms with Gasteiger partial charge in [-0.15, -0.1) is 5.10 Å². The second-order valence-electron chi connectivity index (χ2n) is 11.8. The standard InChI is InChI=1S/C18H25NO2.C14H19N5/c20-18(21)17(15-9-5-2-6-10-15)19-12-11-16(13-19)14-7-3-1-4-8-14;1-18-9-7-13(8-10-18)14-15-16-17-19(14)11-12-5-3-2-4-6-12/h1,3-4,7-8,15-17H,2,5-6,9-13H2,(H,20,21);2-6,13H,7-11H2,1H3. The third kappa shape index (κ3) is 7.34. The highest BCUT2D eigenvalue weighted by Crippen LogP contribution is 2.34. The van der Waals surface area contributed by atoms with Crippen LogP contribution in [0.15, 0.2) is 60.7 Å². The fourth-order valence-corrected chi connectivity index (χ4v) is 6.78. The van der Waals surface area contributed by atoms with Gasteiger partial charge >= 0.3 is 5.97 Å². The first-order valence-corrected chi connectivity index (χ1v) is 15.1. The number of carboxylic acid groups (broad SMARTS) is 1. The van der Waals surface area contributed by atoms with E-state index in [9.17, 15) is 9.90 Å². The number of hydrogen-bond acceptors (Lipinski definition) is 6. The first-order valence-electron chi connectivity index (χ1n) is 15.1. The number of aliphatic carboxylic acids is 1. The first-order chi connectivity index (χ1) is 19.6. The minimum atomic E-state index is -0.615. The maximum Gasteiger partial charge on any atom is 0.321 e. The molecular formula is C32H44N6O2. The van der Waals surface area contributed by atoms with Gasteiger partial charge in [-0.05, 0) is 92.2 Å². The first kappa shape index (κ1) is 28.4. The van der Waals surface area contributed by atoms with E-state index in [1.807, 2.05) is 16.8 Å². The SMILES string of the molecule is CN1CCC(c2nnnn2Cc2ccccc2)CC1.O=C(O)C(C1CCCCC1)N1CCC(c2ccccc2)C1. The maximum absolute atomic E-state index is 11.8. The summed E-state index contributed by atoms with van der Waals surface area (Å²) in [5.41, 5.74) is 2.59. The van der Waals surface area contributed by atoms with Gasteiger partial charge in [0, 0.05) is 12.5 Å². The molecule has 214 valence electrons. The average Bonchev–Trinajstić information content (AvgIpc) is 3.66. The van der Waals surface area contributed by atoms with E-state index in [2.05, 4.69) is 80.9 Å². The Kier molecular flexibility index (Phi) is 9.95. The second-order valence-corrected chi connectivity index (χ2v) is 11.8. The van der Waals surface area contributed by atoms with Gasteiger partial charge in [-0.2, -0.15) is 0 Å². The number of tetrazole rings is 1. The molecule has 2 aromatic carbocycles. The van der Waals surface area contributed by atoms with Crippen molar-refractivity contribution in [2.75, 3.05) is 33.2 Å². The summed E-state index contributed by atoms with van der Waals surface area (Å²) < 4.78 is 1.95. The number of hydrogen-bond donors (Lipinski definition) is 1. The van der Waals surface area contributed by atoms with Crippen molar-refractivity contribution in [3.63, 3.8) is 0 Å². The van der Waals surface area contributed by atoms with Crippen molar-refractivity contribution in [3.05, 3.63) is 77.6 Å². The zero-order valence-electron chi connectivity index (χ0n) is 23.8. The van der Waals surface area contributed by atoms with Crippen LogP contribution in [-0.4, -0.2) is 80.4 Å². The lowest BCUT2D eigenvalue weighted by Crippen LogP contribution is -2.45. The van der Waals surface area contributed by atoms with E-state index < -0.39 is 5.97 Å². The van der Waals surface area contributed by atoms with Gasteiger partial charge in [-0.3, -0.25) is 9.69 Å². The Balaban J connectivity index is 0.000000162. The number of rotatable bonds is 7. The Morgan fingerprint density at radius 1 is 0.875 bits per heavy atom. The summed E-state index contributed by atoms with van der Waals surface area (Å²) in [5, 5.41) is 22.0. The van der Waals surface area contributed by atoms with Crippen LogP contribution in [0.2, 0.25) is 0 Å². The number of aromatic nitrogens is 4. The number of likely N-dealkylation sites (tertiary alicyclic amines) is 2. The molecule has 3 heterocycles. The van der Waals surface area contributed by atoms with E-state index in [1.54, 1.807) is 0 Å². The Hall–Kier alpha value is -3.10. The molecule has 2 saturated heterocycles. The van der Waals surface area contributed by atoms with Crippen molar-refractivity contribution in [1.29, 1.82) is 0 Å². The molecule has 0 bridgehead atoms. The van der Waals surface area contributed by atoms with Crippen molar-refractivity contribution in [1.82, 2.24) is 30.0 Å². The molecular weight excluding hydrogens is 500 g/mol. The summed E-state index contributed by atoms with van der Waals surface area (Å²) in [6.45, 7) is 4.84. The number of carboxylic acids is 1. The van der Waals surface area contributed by atoms with E-state index in [-0.39, 0.29) is 6.04 Å². The fraction of sp³-hybridized carbons (Fsp3) is 0.562. The molecule has 1 aliphatic carbocycles. The molecule has 2 atom stereocenters. The highest BCUT2D eigenvalue weighted by atomic mass is 16.4. The van der Waals surface area contributed by atoms with Crippen LogP contribution in [0.4, 0.5) is 0 Å². The summed E-state index contributed by atoms with van der Waals surface area (Å²) in [6.07, 6.45) is 9.22. The third-order valence-corrected chi connectivity index (χ3v) is 9.05. The van der Waals surface area contributed by atoms with Crippen LogP contribution in [-0.2, 0) is 11.3 Å². The molecule has 2 unspecified atom stereocenters. The summed E-state index contributed by atoms with van der Waals surface area (Å²) in [4.78, 5) is 16.4. The van der Waals surface area contributed by atoms with Gasteiger partial charge in [-0.1, -0.05) is 79.9 Å². The average molecular weight is 545 g/mol. The molecule has 0 amide bonds. The van der Waals surface area contributed by atoms with Crippen LogP contribution in [0.25, 0.3) is 0 Å². The summed E-state index contributed by atoms with van der Waals surface area (Å²) >= 11 is 0. The molecule has 3 aromatic rings. The highest BCUT2D eigenvalue weighted by molar-refractivity contribution is 5.74. The molecule has 0 radical (unpaired) electrons. The number of nitrogens with zero attached hydrogens (tertiary/aromatic N) is 6. The van der Waals surface area contributed by atoms with E-state index in [0.717, 1.165) is 70.7 Å². The number of carbonyl (C=O) groups is 1. The lowest BCUT2D eigenvalue weighted by Gasteiger charge is -2.33. The molecule has 1 aromatic heterocycles. The highest BCUT2D eigenvalue weighted by Gasteiger charge is 2.38. The molecule has 0 spiro atoms. The van der Waals surface area contributed by atoms with E-state index in [1.165, 1.54) is 30.4 Å². The number of benzene rings is 2. The lowest BCUT2D eigenvalue weighted by molar-refractivity contribution is -0.145. The molecule has 3 fully saturated rings. The number of piperidine rings is 1. The normalized spacial score (nSPS) is 22.0. The Labute approximate surface area is 238 Å². The van der Waals surface area contributed by atoms with Gasteiger partial charge < -0.3 is 10.0 Å². The van der Waals surface area contributed by atoms with Crippen molar-refractivity contribution in [2.45, 2.75) is 75.8 Å². The topological polar surface area (TPSA) is 87.4 Å². The van der Waals surface area contributed by atoms with Crippen LogP contribution in [0.3, 0.4) is 0 Å². The largest absolute Gasteiger partial charge is 0.480 e. The van der Waals surface area contributed by atoms with Crippen LogP contribution < -0.4 is 0 Å². The Morgan fingerprint density at radius 3 is 2.20 bits per heavy atom. The van der Waals surface area contributed by atoms with E-state index >= 15 is 0 Å². The van der Waals surface area contributed by atoms with Gasteiger partial charge in [0.2, 0.25) is 0 Å². The third-order valence-electron chi connectivity index (χ3n) is 9.05. The van der Waals surface area contributed by atoms with Gasteiger partial charge in [0.05, 0.1) is 6.54 Å². The van der Waals surface area contributed by atoms with Crippen molar-refractivity contribution in [3.8, 4) is 0 Å². The minimum Gasteiger partial charge on any atom is -0.480 e. The van der Waals surface area contributed by atoms with Gasteiger partial charge in [0.15, 0.2) is 5.82 Å². The van der Waals surface area contributed by atoms with Crippen LogP contribution in [0.5, 0.6) is 0 Å². The summed E-state index contributed by atoms with van der Waals surface area (Å²) in [7, 11) is 2.17. The van der Waals surface area contributed by atoms with Crippen LogP contribution >= 0.6 is 0 Å². The van der Waals surface area contributed by atoms with Gasteiger partial charge in [0.1, 0.15) is 6.04 Å². The molecule has 40 heavy (non-hydrogen) atoms. The van der Waals surface area contributed by atoms with E-state index in [4.69, 9.17) is 0 Å². The van der Waals surface area contributed by atoms with Crippen LogP contribution in [0.1, 0.15) is 80.2 Å². The Bertz CT molecular complexity index is 1170. The quantitative estimate of drug-likeness (QED) is 0.446. The molecule has 6 rings (SSSR count). The summed E-state index contributed by atoms with van der Waals surface area (Å²) in [6, 6.07) is 20.6. The fourth-order valence-electron chi connectivity index (χ4n) is 6.78. The smallest absolute Gasteiger partial charge is 0.321 e. The predicted molar refractivity (Wildman–Crippen MR) is 156 cm³/mol. The zero-order valence-corrected chi connectivity index (χ0v) is 23.8. The van der Waals surface area contributed by atoms with Gasteiger partial charge in [0.25, 0.3) is 0 Å². The molecule has 1 N–H and O–H groups in total. The predicted octanol–water partition coefficient (Wildman–Crippen LogP) is 5.04. The molecule has 2 aliphatic heterocycles. The molecule has 8 nitrogen and oxygen atoms in total. The lowest BCUT2D eigenvalue weighted by atomic mass is 9.83. The van der Waals surface area contributed by atoms with E-state index in [0.29, 0.717) is 17.8 Å². The van der Waals surface area contributed by atoms with Crippen molar-refractivity contribution in [2.24, 2.45) is 5.92 Å². The minimum absolute atomic E-state index is 0.265. The molecule has 1 saturated carbocycles. The van der Waals surface area contributed by atoms with Crippen molar-refractivity contribution >= 4 is 5.97 Å². The van der Waals surface area contributed by atoms with Gasteiger partial charge in [-0.25, -0.2) is 4.68 Å². The summed E-state index contributed by atoms with van der Waals surface area (Å²) in [5.74, 6) is 1.77. The molecule has 3 aliphatic rings. The molecule has 8 heteroatoms.